The van der Waals surface area contributed by atoms with E-state index in [1.165, 1.54) is 14.7 Å². The lowest BCUT2D eigenvalue weighted by molar-refractivity contribution is 0.722. The molecule has 0 saturated heterocycles. The zero-order valence-corrected chi connectivity index (χ0v) is 11.1. The van der Waals surface area contributed by atoms with Gasteiger partial charge in [0.2, 0.25) is 0 Å². The molecule has 2 rings (SSSR count). The van der Waals surface area contributed by atoms with Crippen molar-refractivity contribution in [3.63, 3.8) is 0 Å². The molecule has 2 heteroatoms. The molecule has 0 bridgehead atoms. The quantitative estimate of drug-likeness (QED) is 0.859. The van der Waals surface area contributed by atoms with E-state index in [1.54, 1.807) is 0 Å². The molecule has 2 aromatic carbocycles. The summed E-state index contributed by atoms with van der Waals surface area (Å²) in [6.45, 7) is 0. The third kappa shape index (κ3) is 3.06. The van der Waals surface area contributed by atoms with Crippen molar-refractivity contribution < 1.29 is 0 Å². The van der Waals surface area contributed by atoms with Crippen molar-refractivity contribution in [2.24, 2.45) is 5.73 Å². The summed E-state index contributed by atoms with van der Waals surface area (Å²) in [5.41, 5.74) is 8.65. The molecule has 1 nitrogen and oxygen atoms in total. The number of nitrogens with two attached hydrogens (primary N) is 1. The first-order valence-corrected chi connectivity index (χ1v) is 6.38. The lowest BCUT2D eigenvalue weighted by Gasteiger charge is -2.11. The minimum Gasteiger partial charge on any atom is -0.324 e. The van der Waals surface area contributed by atoms with Gasteiger partial charge in [0.1, 0.15) is 0 Å². The molecule has 1 atom stereocenters. The highest BCUT2D eigenvalue weighted by atomic mass is 127. The molecule has 0 heterocycles. The molecular weight excluding hydrogens is 309 g/mol. The van der Waals surface area contributed by atoms with Gasteiger partial charge in [-0.05, 0) is 52.3 Å². The van der Waals surface area contributed by atoms with Gasteiger partial charge in [0, 0.05) is 9.61 Å². The molecule has 16 heavy (non-hydrogen) atoms. The summed E-state index contributed by atoms with van der Waals surface area (Å²) in [7, 11) is 0. The lowest BCUT2D eigenvalue weighted by Crippen LogP contribution is -2.13. The molecular formula is C14H14IN. The van der Waals surface area contributed by atoms with Crippen LogP contribution >= 0.6 is 22.6 Å². The zero-order valence-electron chi connectivity index (χ0n) is 8.94. The van der Waals surface area contributed by atoms with E-state index in [0.29, 0.717) is 0 Å². The van der Waals surface area contributed by atoms with E-state index in [1.807, 2.05) is 18.2 Å². The highest BCUT2D eigenvalue weighted by molar-refractivity contribution is 14.1. The summed E-state index contributed by atoms with van der Waals surface area (Å²) in [5.74, 6) is 0. The molecule has 0 spiro atoms. The fourth-order valence-electron chi connectivity index (χ4n) is 1.69. The van der Waals surface area contributed by atoms with E-state index in [4.69, 9.17) is 5.73 Å². The second-order valence-electron chi connectivity index (χ2n) is 3.85. The molecule has 2 aromatic rings. The number of halogens is 1. The Morgan fingerprint density at radius 1 is 0.938 bits per heavy atom. The third-order valence-corrected chi connectivity index (χ3v) is 3.32. The summed E-state index contributed by atoms with van der Waals surface area (Å²) >= 11 is 2.31. The maximum atomic E-state index is 6.16. The Morgan fingerprint density at radius 3 is 2.19 bits per heavy atom. The summed E-state index contributed by atoms with van der Waals surface area (Å²) in [6.07, 6.45) is 0.890. The molecule has 0 aliphatic rings. The number of benzene rings is 2. The Kier molecular flexibility index (Phi) is 3.96. The van der Waals surface area contributed by atoms with Crippen molar-refractivity contribution in [3.8, 4) is 0 Å². The van der Waals surface area contributed by atoms with E-state index in [2.05, 4.69) is 59.0 Å². The van der Waals surface area contributed by atoms with Gasteiger partial charge in [0.05, 0.1) is 0 Å². The largest absolute Gasteiger partial charge is 0.324 e. The number of hydrogen-bond acceptors (Lipinski definition) is 1. The molecule has 2 N–H and O–H groups in total. The zero-order chi connectivity index (χ0) is 11.4. The minimum absolute atomic E-state index is 0.0845. The van der Waals surface area contributed by atoms with Crippen molar-refractivity contribution >= 4 is 22.6 Å². The van der Waals surface area contributed by atoms with Crippen LogP contribution in [0.25, 0.3) is 0 Å². The minimum atomic E-state index is 0.0845. The van der Waals surface area contributed by atoms with Crippen molar-refractivity contribution in [3.05, 3.63) is 69.3 Å². The van der Waals surface area contributed by atoms with Gasteiger partial charge >= 0.3 is 0 Å². The van der Waals surface area contributed by atoms with Gasteiger partial charge in [-0.15, -0.1) is 0 Å². The van der Waals surface area contributed by atoms with Crippen molar-refractivity contribution in [2.45, 2.75) is 12.5 Å². The Bertz CT molecular complexity index is 436. The summed E-state index contributed by atoms with van der Waals surface area (Å²) in [5, 5.41) is 0. The Hall–Kier alpha value is -0.870. The standard InChI is InChI=1S/C14H14IN/c15-13-8-6-11(7-9-13)10-14(16)12-4-2-1-3-5-12/h1-9,14H,10,16H2. The summed E-state index contributed by atoms with van der Waals surface area (Å²) < 4.78 is 1.26. The first-order valence-electron chi connectivity index (χ1n) is 5.30. The number of hydrogen-bond donors (Lipinski definition) is 1. The average Bonchev–Trinajstić information content (AvgIpc) is 2.33. The lowest BCUT2D eigenvalue weighted by atomic mass is 10.00. The third-order valence-electron chi connectivity index (χ3n) is 2.60. The van der Waals surface area contributed by atoms with E-state index < -0.39 is 0 Å². The van der Waals surface area contributed by atoms with E-state index in [-0.39, 0.29) is 6.04 Å². The van der Waals surface area contributed by atoms with E-state index in [9.17, 15) is 0 Å². The van der Waals surface area contributed by atoms with Crippen LogP contribution in [0.1, 0.15) is 17.2 Å². The fourth-order valence-corrected chi connectivity index (χ4v) is 2.05. The van der Waals surface area contributed by atoms with Gasteiger partial charge < -0.3 is 5.73 Å². The maximum absolute atomic E-state index is 6.16. The SMILES string of the molecule is NC(Cc1ccc(I)cc1)c1ccccc1. The van der Waals surface area contributed by atoms with Crippen LogP contribution in [0, 0.1) is 3.57 Å². The Morgan fingerprint density at radius 2 is 1.56 bits per heavy atom. The molecule has 82 valence electrons. The number of rotatable bonds is 3. The Labute approximate surface area is 110 Å². The Balaban J connectivity index is 2.08. The molecule has 0 amide bonds. The summed E-state index contributed by atoms with van der Waals surface area (Å²) in [4.78, 5) is 0. The first-order chi connectivity index (χ1) is 7.75. The predicted octanol–water partition coefficient (Wildman–Crippen LogP) is 3.53. The van der Waals surface area contributed by atoms with Crippen LogP contribution in [-0.2, 0) is 6.42 Å². The smallest absolute Gasteiger partial charge is 0.0335 e. The molecule has 0 fully saturated rings. The monoisotopic (exact) mass is 323 g/mol. The van der Waals surface area contributed by atoms with Crippen LogP contribution in [-0.4, -0.2) is 0 Å². The van der Waals surface area contributed by atoms with Crippen molar-refractivity contribution in [1.82, 2.24) is 0 Å². The fraction of sp³-hybridized carbons (Fsp3) is 0.143. The predicted molar refractivity (Wildman–Crippen MR) is 76.2 cm³/mol. The van der Waals surface area contributed by atoms with E-state index in [0.717, 1.165) is 6.42 Å². The van der Waals surface area contributed by atoms with Crippen LogP contribution in [0.2, 0.25) is 0 Å². The van der Waals surface area contributed by atoms with Crippen LogP contribution in [0.3, 0.4) is 0 Å². The highest BCUT2D eigenvalue weighted by Crippen LogP contribution is 2.16. The molecule has 0 aromatic heterocycles. The first kappa shape index (κ1) is 11.6. The van der Waals surface area contributed by atoms with Crippen LogP contribution in [0.4, 0.5) is 0 Å². The summed E-state index contributed by atoms with van der Waals surface area (Å²) in [6, 6.07) is 18.8. The van der Waals surface area contributed by atoms with Crippen LogP contribution < -0.4 is 5.73 Å². The van der Waals surface area contributed by atoms with E-state index >= 15 is 0 Å². The average molecular weight is 323 g/mol. The maximum Gasteiger partial charge on any atom is 0.0335 e. The van der Waals surface area contributed by atoms with Gasteiger partial charge in [-0.3, -0.25) is 0 Å². The van der Waals surface area contributed by atoms with Crippen LogP contribution in [0.5, 0.6) is 0 Å². The normalized spacial score (nSPS) is 12.4. The van der Waals surface area contributed by atoms with Gasteiger partial charge in [0.15, 0.2) is 0 Å². The second-order valence-corrected chi connectivity index (χ2v) is 5.09. The highest BCUT2D eigenvalue weighted by Gasteiger charge is 2.05. The molecule has 1 unspecified atom stereocenters. The van der Waals surface area contributed by atoms with Gasteiger partial charge in [-0.2, -0.15) is 0 Å². The van der Waals surface area contributed by atoms with Gasteiger partial charge in [-0.1, -0.05) is 42.5 Å². The van der Waals surface area contributed by atoms with Crippen molar-refractivity contribution in [1.29, 1.82) is 0 Å². The topological polar surface area (TPSA) is 26.0 Å². The second kappa shape index (κ2) is 5.46. The van der Waals surface area contributed by atoms with Gasteiger partial charge in [-0.25, -0.2) is 0 Å². The molecule has 0 radical (unpaired) electrons. The molecule has 0 aliphatic carbocycles. The van der Waals surface area contributed by atoms with Gasteiger partial charge in [0.25, 0.3) is 0 Å². The molecule has 0 saturated carbocycles. The molecule has 0 aliphatic heterocycles. The van der Waals surface area contributed by atoms with Crippen LogP contribution in [0.15, 0.2) is 54.6 Å². The van der Waals surface area contributed by atoms with Crippen molar-refractivity contribution in [2.75, 3.05) is 0 Å².